The monoisotopic (exact) mass is 505 g/mol. The number of nitrogens with one attached hydrogen (secondary N) is 2. The van der Waals surface area contributed by atoms with E-state index in [-0.39, 0.29) is 24.0 Å². The number of methoxy groups -OCH3 is 2. The van der Waals surface area contributed by atoms with Crippen LogP contribution in [0, 0.1) is 0 Å². The molecule has 0 unspecified atom stereocenters. The van der Waals surface area contributed by atoms with Crippen LogP contribution in [0.15, 0.2) is 41.4 Å². The highest BCUT2D eigenvalue weighted by molar-refractivity contribution is 14.0. The highest BCUT2D eigenvalue weighted by Gasteiger charge is 2.08. The lowest BCUT2D eigenvalue weighted by Gasteiger charge is -2.15. The number of guanidine groups is 1. The van der Waals surface area contributed by atoms with Crippen molar-refractivity contribution in [1.29, 1.82) is 0 Å². The summed E-state index contributed by atoms with van der Waals surface area (Å²) in [6, 6.07) is 11.2. The normalized spacial score (nSPS) is 10.6. The van der Waals surface area contributed by atoms with Crippen LogP contribution in [0.1, 0.15) is 12.5 Å². The molecule has 0 atom stereocenters. The van der Waals surface area contributed by atoms with Gasteiger partial charge in [-0.05, 0) is 31.2 Å². The summed E-state index contributed by atoms with van der Waals surface area (Å²) in [7, 11) is 4.95. The standard InChI is InChI=1S/C19H24ClN3O3.HI/c1-5-26-18-11-15(8-9-16(18)24-3)23-19(21-2)22-12-13-6-7-14(20)10-17(13)25-4;/h6-11H,5,12H2,1-4H3,(H2,21,22,23);1H. The Kier molecular flexibility index (Phi) is 10.1. The minimum atomic E-state index is 0. The molecule has 2 N–H and O–H groups in total. The van der Waals surface area contributed by atoms with Crippen molar-refractivity contribution in [2.24, 2.45) is 4.99 Å². The molecule has 0 aliphatic heterocycles. The Balaban J connectivity index is 0.00000364. The SMILES string of the molecule is CCOc1cc(NC(=NC)NCc2ccc(Cl)cc2OC)ccc1OC.I. The van der Waals surface area contributed by atoms with Crippen LogP contribution in [0.4, 0.5) is 5.69 Å². The quantitative estimate of drug-likeness (QED) is 0.328. The molecule has 0 saturated carbocycles. The molecule has 0 fully saturated rings. The first kappa shape index (κ1) is 23.2. The van der Waals surface area contributed by atoms with E-state index in [1.54, 1.807) is 27.3 Å². The van der Waals surface area contributed by atoms with Gasteiger partial charge in [0.05, 0.1) is 20.8 Å². The summed E-state index contributed by atoms with van der Waals surface area (Å²) in [5, 5.41) is 7.12. The number of hydrogen-bond donors (Lipinski definition) is 2. The number of anilines is 1. The Bertz CT molecular complexity index is 772. The third-order valence-electron chi connectivity index (χ3n) is 3.65. The lowest BCUT2D eigenvalue weighted by molar-refractivity contribution is 0.311. The molecule has 2 aromatic carbocycles. The van der Waals surface area contributed by atoms with Gasteiger partial charge in [0.1, 0.15) is 5.75 Å². The molecule has 27 heavy (non-hydrogen) atoms. The second-order valence-corrected chi connectivity index (χ2v) is 5.74. The van der Waals surface area contributed by atoms with Crippen LogP contribution < -0.4 is 24.8 Å². The van der Waals surface area contributed by atoms with E-state index >= 15 is 0 Å². The van der Waals surface area contributed by atoms with E-state index in [0.29, 0.717) is 35.6 Å². The van der Waals surface area contributed by atoms with Crippen molar-refractivity contribution in [3.8, 4) is 17.2 Å². The van der Waals surface area contributed by atoms with Gasteiger partial charge in [-0.2, -0.15) is 0 Å². The molecular weight excluding hydrogens is 481 g/mol. The second-order valence-electron chi connectivity index (χ2n) is 5.31. The van der Waals surface area contributed by atoms with Crippen molar-refractivity contribution in [2.75, 3.05) is 33.2 Å². The molecular formula is C19H25ClIN3O3. The van der Waals surface area contributed by atoms with Gasteiger partial charge in [0.2, 0.25) is 0 Å². The predicted molar refractivity (Wildman–Crippen MR) is 121 cm³/mol. The molecule has 0 spiro atoms. The third-order valence-corrected chi connectivity index (χ3v) is 3.88. The fourth-order valence-electron chi connectivity index (χ4n) is 2.38. The van der Waals surface area contributed by atoms with Gasteiger partial charge in [0, 0.05) is 35.9 Å². The largest absolute Gasteiger partial charge is 0.496 e. The smallest absolute Gasteiger partial charge is 0.195 e. The van der Waals surface area contributed by atoms with Gasteiger partial charge in [-0.1, -0.05) is 17.7 Å². The molecule has 0 heterocycles. The first-order chi connectivity index (χ1) is 12.6. The van der Waals surface area contributed by atoms with Crippen molar-refractivity contribution < 1.29 is 14.2 Å². The zero-order valence-electron chi connectivity index (χ0n) is 15.8. The van der Waals surface area contributed by atoms with E-state index in [4.69, 9.17) is 25.8 Å². The predicted octanol–water partition coefficient (Wildman–Crippen LogP) is 4.56. The van der Waals surface area contributed by atoms with Gasteiger partial charge < -0.3 is 24.8 Å². The van der Waals surface area contributed by atoms with Crippen LogP contribution in [-0.4, -0.2) is 33.8 Å². The number of rotatable bonds is 7. The number of nitrogens with zero attached hydrogens (tertiary/aromatic N) is 1. The van der Waals surface area contributed by atoms with E-state index in [1.165, 1.54) is 0 Å². The summed E-state index contributed by atoms with van der Waals surface area (Å²) < 4.78 is 16.3. The van der Waals surface area contributed by atoms with Crippen LogP contribution >= 0.6 is 35.6 Å². The maximum atomic E-state index is 6.00. The lowest BCUT2D eigenvalue weighted by Crippen LogP contribution is -2.30. The second kappa shape index (κ2) is 11.8. The van der Waals surface area contributed by atoms with Crippen LogP contribution in [0.25, 0.3) is 0 Å². The van der Waals surface area contributed by atoms with E-state index in [1.807, 2.05) is 37.3 Å². The van der Waals surface area contributed by atoms with Crippen molar-refractivity contribution in [3.05, 3.63) is 47.0 Å². The average molecular weight is 506 g/mol. The lowest BCUT2D eigenvalue weighted by atomic mass is 10.2. The zero-order chi connectivity index (χ0) is 18.9. The average Bonchev–Trinajstić information content (AvgIpc) is 2.66. The van der Waals surface area contributed by atoms with E-state index in [0.717, 1.165) is 17.0 Å². The summed E-state index contributed by atoms with van der Waals surface area (Å²) in [5.41, 5.74) is 1.81. The van der Waals surface area contributed by atoms with Crippen LogP contribution in [-0.2, 0) is 6.54 Å². The molecule has 0 bridgehead atoms. The molecule has 2 rings (SSSR count). The molecule has 0 saturated heterocycles. The molecule has 6 nitrogen and oxygen atoms in total. The maximum Gasteiger partial charge on any atom is 0.195 e. The summed E-state index contributed by atoms with van der Waals surface area (Å²) in [5.74, 6) is 2.71. The van der Waals surface area contributed by atoms with Crippen molar-refractivity contribution in [1.82, 2.24) is 5.32 Å². The number of halogens is 2. The van der Waals surface area contributed by atoms with E-state index < -0.39 is 0 Å². The van der Waals surface area contributed by atoms with Crippen LogP contribution in [0.5, 0.6) is 17.2 Å². The number of ether oxygens (including phenoxy) is 3. The van der Waals surface area contributed by atoms with Gasteiger partial charge in [0.15, 0.2) is 17.5 Å². The van der Waals surface area contributed by atoms with Crippen molar-refractivity contribution >= 4 is 47.2 Å². The van der Waals surface area contributed by atoms with Crippen LogP contribution in [0.3, 0.4) is 0 Å². The number of hydrogen-bond acceptors (Lipinski definition) is 4. The first-order valence-corrected chi connectivity index (χ1v) is 8.60. The van der Waals surface area contributed by atoms with Gasteiger partial charge >= 0.3 is 0 Å². The van der Waals surface area contributed by atoms with Crippen molar-refractivity contribution in [2.45, 2.75) is 13.5 Å². The number of aliphatic imine (C=N–C) groups is 1. The minimum absolute atomic E-state index is 0. The topological polar surface area (TPSA) is 64.1 Å². The summed E-state index contributed by atoms with van der Waals surface area (Å²) in [6.45, 7) is 3.02. The van der Waals surface area contributed by atoms with E-state index in [9.17, 15) is 0 Å². The van der Waals surface area contributed by atoms with Gasteiger partial charge in [-0.3, -0.25) is 4.99 Å². The van der Waals surface area contributed by atoms with Gasteiger partial charge in [-0.25, -0.2) is 0 Å². The highest BCUT2D eigenvalue weighted by atomic mass is 127. The molecule has 0 aromatic heterocycles. The van der Waals surface area contributed by atoms with Gasteiger partial charge in [0.25, 0.3) is 0 Å². The fraction of sp³-hybridized carbons (Fsp3) is 0.316. The molecule has 2 aromatic rings. The molecule has 0 aliphatic rings. The maximum absolute atomic E-state index is 6.00. The van der Waals surface area contributed by atoms with E-state index in [2.05, 4.69) is 15.6 Å². The molecule has 0 aliphatic carbocycles. The summed E-state index contributed by atoms with van der Waals surface area (Å²) in [6.07, 6.45) is 0. The van der Waals surface area contributed by atoms with Crippen molar-refractivity contribution in [3.63, 3.8) is 0 Å². The summed E-state index contributed by atoms with van der Waals surface area (Å²) in [4.78, 5) is 4.25. The Morgan fingerprint density at radius 1 is 1.04 bits per heavy atom. The molecule has 0 radical (unpaired) electrons. The van der Waals surface area contributed by atoms with Gasteiger partial charge in [-0.15, -0.1) is 24.0 Å². The molecule has 8 heteroatoms. The minimum Gasteiger partial charge on any atom is -0.496 e. The summed E-state index contributed by atoms with van der Waals surface area (Å²) >= 11 is 6.00. The number of benzene rings is 2. The Labute approximate surface area is 182 Å². The Hall–Kier alpha value is -1.87. The Morgan fingerprint density at radius 3 is 2.41 bits per heavy atom. The fourth-order valence-corrected chi connectivity index (χ4v) is 2.54. The Morgan fingerprint density at radius 2 is 1.78 bits per heavy atom. The third kappa shape index (κ3) is 6.66. The molecule has 148 valence electrons. The molecule has 0 amide bonds. The highest BCUT2D eigenvalue weighted by Crippen LogP contribution is 2.30. The van der Waals surface area contributed by atoms with Crippen LogP contribution in [0.2, 0.25) is 5.02 Å². The zero-order valence-corrected chi connectivity index (χ0v) is 18.9. The first-order valence-electron chi connectivity index (χ1n) is 8.22.